The predicted octanol–water partition coefficient (Wildman–Crippen LogP) is 4.21. The molecular formula is C22H23N3O2. The largest absolute Gasteiger partial charge is 0.381 e. The zero-order valence-corrected chi connectivity index (χ0v) is 15.5. The number of Topliss-reactive ketones (excluding diaryl/α,β-unsaturated/α-hetero) is 1. The quantitative estimate of drug-likeness (QED) is 0.691. The SMILES string of the molecule is C=C(C)C(=O)Cc1cccc(-c2ncnc3[nH]cc(C4CCOCC4)c23)c1. The minimum Gasteiger partial charge on any atom is -0.381 e. The first kappa shape index (κ1) is 17.6. The second-order valence-electron chi connectivity index (χ2n) is 7.16. The maximum atomic E-state index is 12.0. The van der Waals surface area contributed by atoms with E-state index < -0.39 is 0 Å². The number of rotatable bonds is 5. The lowest BCUT2D eigenvalue weighted by atomic mass is 9.90. The van der Waals surface area contributed by atoms with E-state index in [9.17, 15) is 4.79 Å². The average Bonchev–Trinajstić information content (AvgIpc) is 3.13. The smallest absolute Gasteiger partial charge is 0.162 e. The fourth-order valence-electron chi connectivity index (χ4n) is 3.70. The summed E-state index contributed by atoms with van der Waals surface area (Å²) in [5.41, 5.74) is 5.57. The minimum absolute atomic E-state index is 0.0597. The van der Waals surface area contributed by atoms with Crippen molar-refractivity contribution in [3.63, 3.8) is 0 Å². The molecule has 0 aliphatic carbocycles. The van der Waals surface area contributed by atoms with E-state index in [1.165, 1.54) is 5.56 Å². The van der Waals surface area contributed by atoms with Crippen molar-refractivity contribution in [3.8, 4) is 11.3 Å². The number of carbonyl (C=O) groups excluding carboxylic acids is 1. The van der Waals surface area contributed by atoms with Crippen LogP contribution in [0.5, 0.6) is 0 Å². The van der Waals surface area contributed by atoms with Gasteiger partial charge in [-0.2, -0.15) is 0 Å². The summed E-state index contributed by atoms with van der Waals surface area (Å²) < 4.78 is 5.52. The predicted molar refractivity (Wildman–Crippen MR) is 106 cm³/mol. The van der Waals surface area contributed by atoms with Crippen LogP contribution in [0.1, 0.15) is 36.8 Å². The summed E-state index contributed by atoms with van der Waals surface area (Å²) in [7, 11) is 0. The first-order valence-corrected chi connectivity index (χ1v) is 9.31. The Bertz CT molecular complexity index is 1000. The molecule has 5 heteroatoms. The number of carbonyl (C=O) groups is 1. The number of fused-ring (bicyclic) bond motifs is 1. The zero-order valence-electron chi connectivity index (χ0n) is 15.5. The molecular weight excluding hydrogens is 338 g/mol. The number of hydrogen-bond donors (Lipinski definition) is 1. The van der Waals surface area contributed by atoms with Crippen LogP contribution in [-0.2, 0) is 16.0 Å². The Kier molecular flexibility index (Phi) is 4.86. The lowest BCUT2D eigenvalue weighted by molar-refractivity contribution is -0.114. The van der Waals surface area contributed by atoms with Gasteiger partial charge in [0.2, 0.25) is 0 Å². The third-order valence-electron chi connectivity index (χ3n) is 5.20. The van der Waals surface area contributed by atoms with E-state index in [1.807, 2.05) is 24.3 Å². The molecule has 0 saturated carbocycles. The number of hydrogen-bond acceptors (Lipinski definition) is 4. The van der Waals surface area contributed by atoms with Gasteiger partial charge in [0.15, 0.2) is 5.78 Å². The molecule has 138 valence electrons. The Morgan fingerprint density at radius 2 is 2.11 bits per heavy atom. The summed E-state index contributed by atoms with van der Waals surface area (Å²) >= 11 is 0. The molecule has 0 bridgehead atoms. The van der Waals surface area contributed by atoms with Crippen molar-refractivity contribution >= 4 is 16.8 Å². The van der Waals surface area contributed by atoms with Gasteiger partial charge in [-0.05, 0) is 48.4 Å². The number of ether oxygens (including phenoxy) is 1. The second kappa shape index (κ2) is 7.45. The number of ketones is 1. The second-order valence-corrected chi connectivity index (χ2v) is 7.16. The van der Waals surface area contributed by atoms with E-state index in [4.69, 9.17) is 4.74 Å². The van der Waals surface area contributed by atoms with Gasteiger partial charge in [0.05, 0.1) is 5.69 Å². The molecule has 1 fully saturated rings. The number of benzene rings is 1. The van der Waals surface area contributed by atoms with E-state index in [1.54, 1.807) is 13.3 Å². The summed E-state index contributed by atoms with van der Waals surface area (Å²) in [6, 6.07) is 8.03. The van der Waals surface area contributed by atoms with Gasteiger partial charge < -0.3 is 9.72 Å². The van der Waals surface area contributed by atoms with E-state index in [-0.39, 0.29) is 5.78 Å². The number of H-pyrrole nitrogens is 1. The zero-order chi connectivity index (χ0) is 18.8. The van der Waals surface area contributed by atoms with Crippen molar-refractivity contribution in [1.82, 2.24) is 15.0 Å². The molecule has 2 aromatic heterocycles. The Labute approximate surface area is 158 Å². The van der Waals surface area contributed by atoms with Crippen LogP contribution in [0, 0.1) is 0 Å². The summed E-state index contributed by atoms with van der Waals surface area (Å²) in [5, 5.41) is 1.08. The standard InChI is InChI=1S/C22H23N3O2/c1-14(2)19(26)11-15-4-3-5-17(10-15)21-20-18(16-6-8-27-9-7-16)12-23-22(20)25-13-24-21/h3-5,10,12-13,16H,1,6-9,11H2,2H3,(H,23,24,25). The molecule has 5 nitrogen and oxygen atoms in total. The van der Waals surface area contributed by atoms with Crippen LogP contribution in [0.3, 0.4) is 0 Å². The molecule has 0 radical (unpaired) electrons. The molecule has 1 aliphatic rings. The van der Waals surface area contributed by atoms with Crippen LogP contribution < -0.4 is 0 Å². The van der Waals surface area contributed by atoms with E-state index in [2.05, 4.69) is 27.7 Å². The number of nitrogens with zero attached hydrogens (tertiary/aromatic N) is 2. The molecule has 4 rings (SSSR count). The molecule has 3 aromatic rings. The maximum Gasteiger partial charge on any atom is 0.162 e. The van der Waals surface area contributed by atoms with Crippen LogP contribution in [-0.4, -0.2) is 33.9 Å². The lowest BCUT2D eigenvalue weighted by Gasteiger charge is -2.22. The minimum atomic E-state index is 0.0597. The maximum absolute atomic E-state index is 12.0. The number of nitrogens with one attached hydrogen (secondary N) is 1. The van der Waals surface area contributed by atoms with Gasteiger partial charge in [0, 0.05) is 36.8 Å². The topological polar surface area (TPSA) is 67.9 Å². The first-order chi connectivity index (χ1) is 13.1. The van der Waals surface area contributed by atoms with Crippen molar-refractivity contribution in [1.29, 1.82) is 0 Å². The summed E-state index contributed by atoms with van der Waals surface area (Å²) in [6.45, 7) is 7.08. The van der Waals surface area contributed by atoms with Crippen molar-refractivity contribution in [2.45, 2.75) is 32.1 Å². The highest BCUT2D eigenvalue weighted by molar-refractivity contribution is 5.96. The molecule has 27 heavy (non-hydrogen) atoms. The number of aromatic amines is 1. The van der Waals surface area contributed by atoms with Crippen molar-refractivity contribution in [2.24, 2.45) is 0 Å². The van der Waals surface area contributed by atoms with E-state index in [0.717, 1.165) is 53.9 Å². The number of allylic oxidation sites excluding steroid dienone is 1. The van der Waals surface area contributed by atoms with Crippen LogP contribution in [0.4, 0.5) is 0 Å². The van der Waals surface area contributed by atoms with Crippen molar-refractivity contribution in [2.75, 3.05) is 13.2 Å². The molecule has 1 aliphatic heterocycles. The van der Waals surface area contributed by atoms with Crippen molar-refractivity contribution in [3.05, 3.63) is 60.1 Å². The van der Waals surface area contributed by atoms with Gasteiger partial charge in [-0.1, -0.05) is 24.8 Å². The molecule has 0 unspecified atom stereocenters. The fraction of sp³-hybridized carbons (Fsp3) is 0.318. The van der Waals surface area contributed by atoms with E-state index >= 15 is 0 Å². The highest BCUT2D eigenvalue weighted by Gasteiger charge is 2.22. The number of aromatic nitrogens is 3. The first-order valence-electron chi connectivity index (χ1n) is 9.31. The Morgan fingerprint density at radius 3 is 2.89 bits per heavy atom. The summed E-state index contributed by atoms with van der Waals surface area (Å²) in [6.07, 6.45) is 6.03. The highest BCUT2D eigenvalue weighted by Crippen LogP contribution is 2.36. The molecule has 0 amide bonds. The summed E-state index contributed by atoms with van der Waals surface area (Å²) in [4.78, 5) is 24.4. The molecule has 1 saturated heterocycles. The molecule has 0 spiro atoms. The Hall–Kier alpha value is -2.79. The molecule has 1 N–H and O–H groups in total. The van der Waals surface area contributed by atoms with Crippen molar-refractivity contribution < 1.29 is 9.53 Å². The third kappa shape index (κ3) is 3.55. The normalized spacial score (nSPS) is 15.1. The molecule has 0 atom stereocenters. The monoisotopic (exact) mass is 361 g/mol. The van der Waals surface area contributed by atoms with Crippen LogP contribution in [0.25, 0.3) is 22.3 Å². The van der Waals surface area contributed by atoms with Crippen LogP contribution in [0.2, 0.25) is 0 Å². The van der Waals surface area contributed by atoms with Gasteiger partial charge in [0.25, 0.3) is 0 Å². The Balaban J connectivity index is 1.76. The van der Waals surface area contributed by atoms with Crippen LogP contribution in [0.15, 0.2) is 48.9 Å². The highest BCUT2D eigenvalue weighted by atomic mass is 16.5. The summed E-state index contributed by atoms with van der Waals surface area (Å²) in [5.74, 6) is 0.509. The lowest BCUT2D eigenvalue weighted by Crippen LogP contribution is -2.14. The average molecular weight is 361 g/mol. The van der Waals surface area contributed by atoms with E-state index in [0.29, 0.717) is 17.9 Å². The molecule has 3 heterocycles. The van der Waals surface area contributed by atoms with Gasteiger partial charge >= 0.3 is 0 Å². The Morgan fingerprint density at radius 1 is 1.30 bits per heavy atom. The van der Waals surface area contributed by atoms with Gasteiger partial charge in [-0.3, -0.25) is 4.79 Å². The third-order valence-corrected chi connectivity index (χ3v) is 5.20. The van der Waals surface area contributed by atoms with Gasteiger partial charge in [-0.25, -0.2) is 9.97 Å². The van der Waals surface area contributed by atoms with Gasteiger partial charge in [0.1, 0.15) is 12.0 Å². The molecule has 1 aromatic carbocycles. The van der Waals surface area contributed by atoms with Gasteiger partial charge in [-0.15, -0.1) is 0 Å². The fourth-order valence-corrected chi connectivity index (χ4v) is 3.70. The van der Waals surface area contributed by atoms with Crippen LogP contribution >= 0.6 is 0 Å².